The van der Waals surface area contributed by atoms with E-state index in [4.69, 9.17) is 17.2 Å². The molecule has 1 rings (SSSR count). The fraction of sp³-hybridized carbons (Fsp3) is 0.467. The van der Waals surface area contributed by atoms with Crippen molar-refractivity contribution in [1.29, 1.82) is 0 Å². The summed E-state index contributed by atoms with van der Waals surface area (Å²) in [5.41, 5.74) is 19.6. The van der Waals surface area contributed by atoms with Gasteiger partial charge >= 0.3 is 0 Å². The van der Waals surface area contributed by atoms with E-state index in [-0.39, 0.29) is 0 Å². The van der Waals surface area contributed by atoms with Gasteiger partial charge in [-0.3, -0.25) is 0 Å². The number of quaternary nitrogens is 1. The third kappa shape index (κ3) is 4.76. The molecule has 4 nitrogen and oxygen atoms in total. The Labute approximate surface area is 116 Å². The highest BCUT2D eigenvalue weighted by Crippen LogP contribution is 2.18. The fourth-order valence-corrected chi connectivity index (χ4v) is 2.56. The smallest absolute Gasteiger partial charge is 0.104 e. The molecule has 0 atom stereocenters. The van der Waals surface area contributed by atoms with Crippen LogP contribution in [0, 0.1) is 0 Å². The summed E-state index contributed by atoms with van der Waals surface area (Å²) in [6.45, 7) is 9.67. The lowest BCUT2D eigenvalue weighted by atomic mass is 10.1. The summed E-state index contributed by atoms with van der Waals surface area (Å²) >= 11 is 0. The van der Waals surface area contributed by atoms with Crippen molar-refractivity contribution in [2.24, 2.45) is 17.2 Å². The summed E-state index contributed by atoms with van der Waals surface area (Å²) in [6, 6.07) is 10.3. The Hall–Kier alpha value is -1.20. The van der Waals surface area contributed by atoms with E-state index >= 15 is 0 Å². The van der Waals surface area contributed by atoms with Crippen molar-refractivity contribution in [3.8, 4) is 0 Å². The predicted octanol–water partition coefficient (Wildman–Crippen LogP) is 0.393. The summed E-state index contributed by atoms with van der Waals surface area (Å²) in [5.74, 6) is 0. The first-order valence-corrected chi connectivity index (χ1v) is 6.86. The highest BCUT2D eigenvalue weighted by molar-refractivity contribution is 5.63. The van der Waals surface area contributed by atoms with E-state index < -0.39 is 0 Å². The summed E-state index contributed by atoms with van der Waals surface area (Å²) < 4.78 is 0.831. The Morgan fingerprint density at radius 2 is 1.37 bits per heavy atom. The van der Waals surface area contributed by atoms with Crippen molar-refractivity contribution in [3.63, 3.8) is 0 Å². The molecule has 0 saturated heterocycles. The number of hydrogen-bond acceptors (Lipinski definition) is 3. The molecule has 19 heavy (non-hydrogen) atoms. The van der Waals surface area contributed by atoms with Gasteiger partial charge in [0, 0.05) is 25.2 Å². The lowest BCUT2D eigenvalue weighted by Gasteiger charge is -2.38. The Bertz CT molecular complexity index is 358. The largest absolute Gasteiger partial charge is 0.326 e. The van der Waals surface area contributed by atoms with Crippen LogP contribution in [0.2, 0.25) is 0 Å². The average molecular weight is 263 g/mol. The zero-order valence-electron chi connectivity index (χ0n) is 11.7. The van der Waals surface area contributed by atoms with Gasteiger partial charge in [0.05, 0.1) is 19.6 Å². The maximum atomic E-state index is 5.76. The van der Waals surface area contributed by atoms with Crippen LogP contribution < -0.4 is 17.2 Å². The van der Waals surface area contributed by atoms with Crippen LogP contribution in [0.25, 0.3) is 5.57 Å². The van der Waals surface area contributed by atoms with Crippen molar-refractivity contribution in [2.75, 3.05) is 45.8 Å². The number of nitrogens with two attached hydrogens (primary N) is 3. The van der Waals surface area contributed by atoms with Crippen molar-refractivity contribution in [3.05, 3.63) is 42.5 Å². The number of rotatable bonds is 9. The zero-order chi connectivity index (χ0) is 14.1. The van der Waals surface area contributed by atoms with E-state index in [0.29, 0.717) is 19.6 Å². The molecule has 1 aromatic rings. The second-order valence-corrected chi connectivity index (χ2v) is 5.01. The van der Waals surface area contributed by atoms with Crippen LogP contribution in [0.3, 0.4) is 0 Å². The van der Waals surface area contributed by atoms with Crippen molar-refractivity contribution < 1.29 is 4.48 Å². The SMILES string of the molecule is C=C(C[N+](CCN)(CCN)CCN)c1ccccc1. The van der Waals surface area contributed by atoms with E-state index in [1.54, 1.807) is 0 Å². The fourth-order valence-electron chi connectivity index (χ4n) is 2.56. The second-order valence-electron chi connectivity index (χ2n) is 5.01. The minimum absolute atomic E-state index is 0.641. The van der Waals surface area contributed by atoms with Gasteiger partial charge in [-0.05, 0) is 5.56 Å². The normalized spacial score (nSPS) is 11.5. The lowest BCUT2D eigenvalue weighted by molar-refractivity contribution is -0.917. The van der Waals surface area contributed by atoms with Gasteiger partial charge in [-0.1, -0.05) is 36.9 Å². The molecule has 0 amide bonds. The quantitative estimate of drug-likeness (QED) is 0.564. The molecule has 0 heterocycles. The lowest BCUT2D eigenvalue weighted by Crippen LogP contribution is -2.56. The second kappa shape index (κ2) is 8.07. The van der Waals surface area contributed by atoms with E-state index in [2.05, 4.69) is 18.7 Å². The topological polar surface area (TPSA) is 78.1 Å². The molecule has 0 aliphatic carbocycles. The molecule has 0 spiro atoms. The molecule has 106 valence electrons. The molecular weight excluding hydrogens is 236 g/mol. The molecule has 0 radical (unpaired) electrons. The van der Waals surface area contributed by atoms with Crippen LogP contribution >= 0.6 is 0 Å². The van der Waals surface area contributed by atoms with Gasteiger partial charge in [0.25, 0.3) is 0 Å². The van der Waals surface area contributed by atoms with Crippen LogP contribution in [0.4, 0.5) is 0 Å². The predicted molar refractivity (Wildman–Crippen MR) is 82.4 cm³/mol. The first-order chi connectivity index (χ1) is 9.17. The highest BCUT2D eigenvalue weighted by Gasteiger charge is 2.26. The number of nitrogens with zero attached hydrogens (tertiary/aromatic N) is 1. The maximum absolute atomic E-state index is 5.76. The van der Waals surface area contributed by atoms with Crippen LogP contribution in [0.15, 0.2) is 36.9 Å². The molecule has 0 unspecified atom stereocenters. The summed E-state index contributed by atoms with van der Waals surface area (Å²) in [5, 5.41) is 0. The van der Waals surface area contributed by atoms with Gasteiger partial charge < -0.3 is 21.7 Å². The molecule has 4 heteroatoms. The molecule has 1 aromatic carbocycles. The minimum Gasteiger partial charge on any atom is -0.326 e. The highest BCUT2D eigenvalue weighted by atomic mass is 15.4. The molecule has 0 fully saturated rings. The molecule has 0 aliphatic heterocycles. The van der Waals surface area contributed by atoms with Crippen LogP contribution in [-0.2, 0) is 0 Å². The van der Waals surface area contributed by atoms with Gasteiger partial charge in [0.1, 0.15) is 6.54 Å². The Morgan fingerprint density at radius 3 is 1.79 bits per heavy atom. The van der Waals surface area contributed by atoms with E-state index in [1.807, 2.05) is 18.2 Å². The van der Waals surface area contributed by atoms with Crippen LogP contribution in [0.5, 0.6) is 0 Å². The van der Waals surface area contributed by atoms with Gasteiger partial charge in [-0.2, -0.15) is 0 Å². The Morgan fingerprint density at radius 1 is 0.895 bits per heavy atom. The number of hydrogen-bond donors (Lipinski definition) is 3. The third-order valence-corrected chi connectivity index (χ3v) is 3.52. The molecule has 0 bridgehead atoms. The van der Waals surface area contributed by atoms with Crippen molar-refractivity contribution in [1.82, 2.24) is 0 Å². The Balaban J connectivity index is 2.83. The summed E-state index contributed by atoms with van der Waals surface area (Å²) in [4.78, 5) is 0. The standard InChI is InChI=1S/C15H27N4/c1-14(15-5-3-2-4-6-15)13-19(10-7-16,11-8-17)12-9-18/h2-6H,1,7-13,16-18H2/q+1. The van der Waals surface area contributed by atoms with Gasteiger partial charge in [-0.25, -0.2) is 0 Å². The zero-order valence-corrected chi connectivity index (χ0v) is 11.7. The monoisotopic (exact) mass is 263 g/mol. The number of benzene rings is 1. The third-order valence-electron chi connectivity index (χ3n) is 3.52. The van der Waals surface area contributed by atoms with Crippen molar-refractivity contribution >= 4 is 5.57 Å². The van der Waals surface area contributed by atoms with E-state index in [0.717, 1.165) is 36.2 Å². The van der Waals surface area contributed by atoms with E-state index in [9.17, 15) is 0 Å². The molecule has 6 N–H and O–H groups in total. The van der Waals surface area contributed by atoms with Crippen LogP contribution in [-0.4, -0.2) is 50.3 Å². The Kier molecular flexibility index (Phi) is 6.73. The van der Waals surface area contributed by atoms with Crippen molar-refractivity contribution in [2.45, 2.75) is 0 Å². The maximum Gasteiger partial charge on any atom is 0.104 e. The first kappa shape index (κ1) is 15.9. The molecular formula is C15H27N4+. The van der Waals surface area contributed by atoms with Gasteiger partial charge in [0.15, 0.2) is 0 Å². The van der Waals surface area contributed by atoms with Gasteiger partial charge in [0.2, 0.25) is 0 Å². The average Bonchev–Trinajstić information content (AvgIpc) is 2.40. The first-order valence-electron chi connectivity index (χ1n) is 6.86. The van der Waals surface area contributed by atoms with E-state index in [1.165, 1.54) is 5.56 Å². The van der Waals surface area contributed by atoms with Crippen LogP contribution in [0.1, 0.15) is 5.56 Å². The molecule has 0 saturated carbocycles. The molecule has 0 aromatic heterocycles. The summed E-state index contributed by atoms with van der Waals surface area (Å²) in [7, 11) is 0. The summed E-state index contributed by atoms with van der Waals surface area (Å²) in [6.07, 6.45) is 0. The van der Waals surface area contributed by atoms with Gasteiger partial charge in [-0.15, -0.1) is 0 Å². The minimum atomic E-state index is 0.641. The molecule has 0 aliphatic rings.